The Balaban J connectivity index is 1.33. The van der Waals surface area contributed by atoms with E-state index < -0.39 is 0 Å². The lowest BCUT2D eigenvalue weighted by molar-refractivity contribution is -0.135. The summed E-state index contributed by atoms with van der Waals surface area (Å²) in [4.78, 5) is 24.8. The second-order valence-corrected chi connectivity index (χ2v) is 8.51. The SMILES string of the molecule is O=C(CC1NNC(=O)C2CCCCC12)NCCC(c1ccccc1)c1ccccc1. The molecule has 30 heavy (non-hydrogen) atoms. The van der Waals surface area contributed by atoms with Gasteiger partial charge in [-0.05, 0) is 36.3 Å². The molecule has 2 fully saturated rings. The Morgan fingerprint density at radius 1 is 0.967 bits per heavy atom. The molecular formula is C25H31N3O2. The van der Waals surface area contributed by atoms with E-state index in [1.807, 2.05) is 12.1 Å². The summed E-state index contributed by atoms with van der Waals surface area (Å²) < 4.78 is 0. The Bertz CT molecular complexity index is 800. The van der Waals surface area contributed by atoms with Gasteiger partial charge in [-0.2, -0.15) is 0 Å². The molecule has 1 aliphatic heterocycles. The minimum Gasteiger partial charge on any atom is -0.356 e. The van der Waals surface area contributed by atoms with Gasteiger partial charge in [-0.1, -0.05) is 73.5 Å². The molecule has 0 radical (unpaired) electrons. The van der Waals surface area contributed by atoms with Crippen LogP contribution in [0, 0.1) is 11.8 Å². The summed E-state index contributed by atoms with van der Waals surface area (Å²) >= 11 is 0. The molecule has 0 aromatic heterocycles. The number of hydrogen-bond acceptors (Lipinski definition) is 3. The molecule has 5 nitrogen and oxygen atoms in total. The van der Waals surface area contributed by atoms with Gasteiger partial charge in [0.05, 0.1) is 0 Å². The lowest BCUT2D eigenvalue weighted by Crippen LogP contribution is -2.60. The predicted molar refractivity (Wildman–Crippen MR) is 117 cm³/mol. The van der Waals surface area contributed by atoms with Crippen molar-refractivity contribution in [1.29, 1.82) is 0 Å². The monoisotopic (exact) mass is 405 g/mol. The maximum Gasteiger partial charge on any atom is 0.237 e. The van der Waals surface area contributed by atoms with E-state index in [9.17, 15) is 9.59 Å². The van der Waals surface area contributed by atoms with Crippen molar-refractivity contribution in [3.8, 4) is 0 Å². The quantitative estimate of drug-likeness (QED) is 0.660. The van der Waals surface area contributed by atoms with Gasteiger partial charge in [0.2, 0.25) is 11.8 Å². The highest BCUT2D eigenvalue weighted by Gasteiger charge is 2.40. The Morgan fingerprint density at radius 3 is 2.27 bits per heavy atom. The van der Waals surface area contributed by atoms with E-state index in [0.29, 0.717) is 13.0 Å². The van der Waals surface area contributed by atoms with E-state index in [4.69, 9.17) is 0 Å². The van der Waals surface area contributed by atoms with E-state index in [1.165, 1.54) is 11.1 Å². The van der Waals surface area contributed by atoms with Crippen LogP contribution in [0.2, 0.25) is 0 Å². The summed E-state index contributed by atoms with van der Waals surface area (Å²) in [5.74, 6) is 0.707. The fourth-order valence-corrected chi connectivity index (χ4v) is 5.06. The summed E-state index contributed by atoms with van der Waals surface area (Å²) in [6.45, 7) is 0.625. The minimum atomic E-state index is 0.0204. The maximum atomic E-state index is 12.7. The van der Waals surface area contributed by atoms with Crippen molar-refractivity contribution in [3.63, 3.8) is 0 Å². The van der Waals surface area contributed by atoms with Crippen LogP contribution in [-0.2, 0) is 9.59 Å². The molecule has 2 amide bonds. The molecule has 3 N–H and O–H groups in total. The van der Waals surface area contributed by atoms with Crippen molar-refractivity contribution in [1.82, 2.24) is 16.2 Å². The molecule has 3 atom stereocenters. The second-order valence-electron chi connectivity index (χ2n) is 8.51. The van der Waals surface area contributed by atoms with E-state index in [0.717, 1.165) is 32.1 Å². The average Bonchev–Trinajstić information content (AvgIpc) is 2.80. The number of carbonyl (C=O) groups is 2. The first-order valence-corrected chi connectivity index (χ1v) is 11.1. The third-order valence-corrected chi connectivity index (χ3v) is 6.62. The van der Waals surface area contributed by atoms with Crippen molar-refractivity contribution >= 4 is 11.8 Å². The second kappa shape index (κ2) is 9.90. The van der Waals surface area contributed by atoms with Crippen molar-refractivity contribution < 1.29 is 9.59 Å². The zero-order valence-electron chi connectivity index (χ0n) is 17.3. The number of benzene rings is 2. The Hall–Kier alpha value is -2.66. The minimum absolute atomic E-state index is 0.0204. The normalized spacial score (nSPS) is 23.5. The molecule has 0 spiro atoms. The molecule has 5 heteroatoms. The van der Waals surface area contributed by atoms with Crippen LogP contribution in [0.4, 0.5) is 0 Å². The summed E-state index contributed by atoms with van der Waals surface area (Å²) in [7, 11) is 0. The zero-order chi connectivity index (χ0) is 20.8. The van der Waals surface area contributed by atoms with Gasteiger partial charge < -0.3 is 5.32 Å². The largest absolute Gasteiger partial charge is 0.356 e. The highest BCUT2D eigenvalue weighted by Crippen LogP contribution is 2.35. The predicted octanol–water partition coefficient (Wildman–Crippen LogP) is 3.52. The summed E-state index contributed by atoms with van der Waals surface area (Å²) in [5.41, 5.74) is 8.40. The van der Waals surface area contributed by atoms with Crippen LogP contribution in [0.5, 0.6) is 0 Å². The summed E-state index contributed by atoms with van der Waals surface area (Å²) in [6, 6.07) is 20.9. The lowest BCUT2D eigenvalue weighted by atomic mass is 9.73. The van der Waals surface area contributed by atoms with Crippen LogP contribution in [-0.4, -0.2) is 24.4 Å². The molecule has 1 saturated carbocycles. The molecule has 2 aliphatic rings. The number of carbonyl (C=O) groups excluding carboxylic acids is 2. The van der Waals surface area contributed by atoms with Crippen LogP contribution in [0.1, 0.15) is 55.6 Å². The number of hydrazine groups is 1. The fourth-order valence-electron chi connectivity index (χ4n) is 5.06. The third-order valence-electron chi connectivity index (χ3n) is 6.62. The molecule has 2 aromatic rings. The number of fused-ring (bicyclic) bond motifs is 1. The molecule has 1 heterocycles. The standard InChI is InChI=1S/C25H31N3O2/c29-24(17-23-21-13-7-8-14-22(21)25(30)28-27-23)26-16-15-20(18-9-3-1-4-10-18)19-11-5-2-6-12-19/h1-6,9-12,20-23,27H,7-8,13-17H2,(H,26,29)(H,28,30). The van der Waals surface area contributed by atoms with Gasteiger partial charge in [0.15, 0.2) is 0 Å². The van der Waals surface area contributed by atoms with E-state index >= 15 is 0 Å². The zero-order valence-corrected chi connectivity index (χ0v) is 17.3. The van der Waals surface area contributed by atoms with Crippen molar-refractivity contribution in [2.24, 2.45) is 11.8 Å². The molecule has 4 rings (SSSR count). The van der Waals surface area contributed by atoms with E-state index in [-0.39, 0.29) is 35.6 Å². The molecule has 2 aromatic carbocycles. The van der Waals surface area contributed by atoms with Crippen LogP contribution in [0.25, 0.3) is 0 Å². The van der Waals surface area contributed by atoms with Gasteiger partial charge >= 0.3 is 0 Å². The molecule has 1 aliphatic carbocycles. The third kappa shape index (κ3) is 4.90. The highest BCUT2D eigenvalue weighted by molar-refractivity contribution is 5.81. The number of amides is 2. The van der Waals surface area contributed by atoms with Crippen molar-refractivity contribution in [2.75, 3.05) is 6.54 Å². The molecule has 1 saturated heterocycles. The Kier molecular flexibility index (Phi) is 6.80. The topological polar surface area (TPSA) is 70.2 Å². The number of rotatable bonds is 7. The number of nitrogens with one attached hydrogen (secondary N) is 3. The van der Waals surface area contributed by atoms with E-state index in [2.05, 4.69) is 64.7 Å². The molecular weight excluding hydrogens is 374 g/mol. The highest BCUT2D eigenvalue weighted by atomic mass is 16.2. The van der Waals surface area contributed by atoms with Crippen molar-refractivity contribution in [3.05, 3.63) is 71.8 Å². The van der Waals surface area contributed by atoms with Crippen LogP contribution < -0.4 is 16.2 Å². The summed E-state index contributed by atoms with van der Waals surface area (Å²) in [5, 5.41) is 3.12. The van der Waals surface area contributed by atoms with Gasteiger partial charge in [0.1, 0.15) is 0 Å². The van der Waals surface area contributed by atoms with Crippen molar-refractivity contribution in [2.45, 2.75) is 50.5 Å². The smallest absolute Gasteiger partial charge is 0.237 e. The Labute approximate surface area is 178 Å². The molecule has 3 unspecified atom stereocenters. The lowest BCUT2D eigenvalue weighted by Gasteiger charge is -2.40. The first-order chi connectivity index (χ1) is 14.7. The van der Waals surface area contributed by atoms with Gasteiger partial charge in [0, 0.05) is 30.8 Å². The fraction of sp³-hybridized carbons (Fsp3) is 0.440. The van der Waals surface area contributed by atoms with Gasteiger partial charge in [-0.3, -0.25) is 15.0 Å². The molecule has 158 valence electrons. The van der Waals surface area contributed by atoms with Gasteiger partial charge in [-0.15, -0.1) is 0 Å². The van der Waals surface area contributed by atoms with Gasteiger partial charge in [0.25, 0.3) is 0 Å². The van der Waals surface area contributed by atoms with E-state index in [1.54, 1.807) is 0 Å². The molecule has 0 bridgehead atoms. The van der Waals surface area contributed by atoms with Gasteiger partial charge in [-0.25, -0.2) is 5.43 Å². The van der Waals surface area contributed by atoms with Crippen LogP contribution in [0.3, 0.4) is 0 Å². The maximum absolute atomic E-state index is 12.7. The first-order valence-electron chi connectivity index (χ1n) is 11.1. The van der Waals surface area contributed by atoms with Crippen LogP contribution >= 0.6 is 0 Å². The van der Waals surface area contributed by atoms with Crippen LogP contribution in [0.15, 0.2) is 60.7 Å². The first kappa shape index (κ1) is 20.6. The average molecular weight is 406 g/mol. The Morgan fingerprint density at radius 2 is 1.60 bits per heavy atom. The number of hydrogen-bond donors (Lipinski definition) is 3. The summed E-state index contributed by atoms with van der Waals surface area (Å²) in [6.07, 6.45) is 5.46.